The van der Waals surface area contributed by atoms with Crippen LogP contribution < -0.4 is 10.1 Å². The normalized spacial score (nSPS) is 22.9. The highest BCUT2D eigenvalue weighted by Crippen LogP contribution is 2.23. The second-order valence-electron chi connectivity index (χ2n) is 5.22. The van der Waals surface area contributed by atoms with Crippen LogP contribution in [0.4, 0.5) is 0 Å². The van der Waals surface area contributed by atoms with Crippen molar-refractivity contribution in [3.63, 3.8) is 0 Å². The van der Waals surface area contributed by atoms with Crippen molar-refractivity contribution < 1.29 is 9.47 Å². The third-order valence-corrected chi connectivity index (χ3v) is 3.29. The Morgan fingerprint density at radius 2 is 2.11 bits per heavy atom. The second-order valence-corrected chi connectivity index (χ2v) is 5.22. The van der Waals surface area contributed by atoms with Crippen molar-refractivity contribution in [1.29, 1.82) is 0 Å². The molecule has 0 aromatic heterocycles. The molecule has 0 spiro atoms. The van der Waals surface area contributed by atoms with E-state index in [9.17, 15) is 0 Å². The van der Waals surface area contributed by atoms with Crippen LogP contribution in [0.15, 0.2) is 24.3 Å². The van der Waals surface area contributed by atoms with Crippen LogP contribution in [0.2, 0.25) is 0 Å². The zero-order valence-electron chi connectivity index (χ0n) is 11.5. The maximum absolute atomic E-state index is 5.69. The SMILES string of the molecule is COC1CC(NCc2cccc(OC(C)C)c2)C1. The van der Waals surface area contributed by atoms with Gasteiger partial charge in [0.1, 0.15) is 5.75 Å². The van der Waals surface area contributed by atoms with Crippen LogP contribution in [-0.4, -0.2) is 25.4 Å². The van der Waals surface area contributed by atoms with E-state index >= 15 is 0 Å². The van der Waals surface area contributed by atoms with Gasteiger partial charge in [-0.3, -0.25) is 0 Å². The molecular formula is C15H23NO2. The molecule has 0 atom stereocenters. The van der Waals surface area contributed by atoms with Crippen LogP contribution in [0.1, 0.15) is 32.3 Å². The van der Waals surface area contributed by atoms with E-state index in [1.54, 1.807) is 7.11 Å². The number of rotatable bonds is 6. The van der Waals surface area contributed by atoms with Gasteiger partial charge in [-0.1, -0.05) is 12.1 Å². The zero-order valence-corrected chi connectivity index (χ0v) is 11.5. The molecule has 1 saturated carbocycles. The summed E-state index contributed by atoms with van der Waals surface area (Å²) in [5.41, 5.74) is 1.27. The maximum atomic E-state index is 5.69. The van der Waals surface area contributed by atoms with Gasteiger partial charge in [0, 0.05) is 19.7 Å². The van der Waals surface area contributed by atoms with E-state index in [0.717, 1.165) is 25.1 Å². The minimum Gasteiger partial charge on any atom is -0.491 e. The smallest absolute Gasteiger partial charge is 0.120 e. The fraction of sp³-hybridized carbons (Fsp3) is 0.600. The quantitative estimate of drug-likeness (QED) is 0.841. The molecule has 0 unspecified atom stereocenters. The highest BCUT2D eigenvalue weighted by atomic mass is 16.5. The lowest BCUT2D eigenvalue weighted by Crippen LogP contribution is -2.44. The van der Waals surface area contributed by atoms with Gasteiger partial charge in [0.2, 0.25) is 0 Å². The Labute approximate surface area is 109 Å². The number of hydrogen-bond acceptors (Lipinski definition) is 3. The van der Waals surface area contributed by atoms with E-state index in [2.05, 4.69) is 17.4 Å². The lowest BCUT2D eigenvalue weighted by Gasteiger charge is -2.34. The molecular weight excluding hydrogens is 226 g/mol. The molecule has 1 aliphatic rings. The van der Waals surface area contributed by atoms with Crippen LogP contribution in [0.3, 0.4) is 0 Å². The van der Waals surface area contributed by atoms with Gasteiger partial charge in [0.25, 0.3) is 0 Å². The first kappa shape index (κ1) is 13.4. The van der Waals surface area contributed by atoms with E-state index in [-0.39, 0.29) is 6.10 Å². The van der Waals surface area contributed by atoms with E-state index < -0.39 is 0 Å². The number of benzene rings is 1. The van der Waals surface area contributed by atoms with Crippen molar-refractivity contribution in [1.82, 2.24) is 5.32 Å². The summed E-state index contributed by atoms with van der Waals surface area (Å²) in [6.45, 7) is 4.99. The van der Waals surface area contributed by atoms with Gasteiger partial charge in [0.15, 0.2) is 0 Å². The fourth-order valence-corrected chi connectivity index (χ4v) is 2.19. The predicted octanol–water partition coefficient (Wildman–Crippen LogP) is 2.74. The molecule has 18 heavy (non-hydrogen) atoms. The predicted molar refractivity (Wildman–Crippen MR) is 72.9 cm³/mol. The summed E-state index contributed by atoms with van der Waals surface area (Å²) in [7, 11) is 1.79. The van der Waals surface area contributed by atoms with Crippen LogP contribution in [0.25, 0.3) is 0 Å². The number of nitrogens with one attached hydrogen (secondary N) is 1. The Hall–Kier alpha value is -1.06. The molecule has 100 valence electrons. The van der Waals surface area contributed by atoms with Gasteiger partial charge in [-0.25, -0.2) is 0 Å². The second kappa shape index (κ2) is 6.21. The summed E-state index contributed by atoms with van der Waals surface area (Å²) >= 11 is 0. The first-order valence-corrected chi connectivity index (χ1v) is 6.69. The Kier molecular flexibility index (Phi) is 4.61. The summed E-state index contributed by atoms with van der Waals surface area (Å²) in [4.78, 5) is 0. The largest absolute Gasteiger partial charge is 0.491 e. The fourth-order valence-electron chi connectivity index (χ4n) is 2.19. The van der Waals surface area contributed by atoms with E-state index in [4.69, 9.17) is 9.47 Å². The van der Waals surface area contributed by atoms with Crippen molar-refractivity contribution >= 4 is 0 Å². The van der Waals surface area contributed by atoms with Crippen LogP contribution in [-0.2, 0) is 11.3 Å². The molecule has 1 aromatic rings. The minimum atomic E-state index is 0.224. The first-order chi connectivity index (χ1) is 8.67. The van der Waals surface area contributed by atoms with Gasteiger partial charge < -0.3 is 14.8 Å². The molecule has 1 aliphatic carbocycles. The Bertz CT molecular complexity index is 373. The topological polar surface area (TPSA) is 30.5 Å². The molecule has 1 aromatic carbocycles. The van der Waals surface area contributed by atoms with Gasteiger partial charge in [-0.15, -0.1) is 0 Å². The minimum absolute atomic E-state index is 0.224. The average molecular weight is 249 g/mol. The highest BCUT2D eigenvalue weighted by molar-refractivity contribution is 5.28. The summed E-state index contributed by atoms with van der Waals surface area (Å²) in [5.74, 6) is 0.952. The molecule has 1 fully saturated rings. The van der Waals surface area contributed by atoms with E-state index in [0.29, 0.717) is 12.1 Å². The monoisotopic (exact) mass is 249 g/mol. The van der Waals surface area contributed by atoms with Crippen molar-refractivity contribution in [2.75, 3.05) is 7.11 Å². The first-order valence-electron chi connectivity index (χ1n) is 6.69. The van der Waals surface area contributed by atoms with Crippen molar-refractivity contribution in [3.8, 4) is 5.75 Å². The zero-order chi connectivity index (χ0) is 13.0. The molecule has 0 radical (unpaired) electrons. The maximum Gasteiger partial charge on any atom is 0.120 e. The Morgan fingerprint density at radius 1 is 1.33 bits per heavy atom. The average Bonchev–Trinajstić information content (AvgIpc) is 2.27. The highest BCUT2D eigenvalue weighted by Gasteiger charge is 2.28. The Balaban J connectivity index is 1.79. The molecule has 1 N–H and O–H groups in total. The van der Waals surface area contributed by atoms with Gasteiger partial charge in [-0.2, -0.15) is 0 Å². The van der Waals surface area contributed by atoms with Crippen LogP contribution in [0, 0.1) is 0 Å². The molecule has 0 saturated heterocycles. The summed E-state index contributed by atoms with van der Waals surface area (Å²) in [6, 6.07) is 8.90. The Morgan fingerprint density at radius 3 is 2.78 bits per heavy atom. The lowest BCUT2D eigenvalue weighted by molar-refractivity contribution is 0.0170. The summed E-state index contributed by atoms with van der Waals surface area (Å²) in [5, 5.41) is 3.54. The molecule has 0 bridgehead atoms. The standard InChI is InChI=1S/C15H23NO2/c1-11(2)18-14-6-4-5-12(7-14)10-16-13-8-15(9-13)17-3/h4-7,11,13,15-16H,8-10H2,1-3H3. The van der Waals surface area contributed by atoms with Crippen LogP contribution in [0.5, 0.6) is 5.75 Å². The van der Waals surface area contributed by atoms with Gasteiger partial charge in [-0.05, 0) is 44.4 Å². The molecule has 0 heterocycles. The summed E-state index contributed by atoms with van der Waals surface area (Å²) in [6.07, 6.45) is 2.93. The van der Waals surface area contributed by atoms with Crippen molar-refractivity contribution in [2.45, 2.75) is 51.5 Å². The van der Waals surface area contributed by atoms with Crippen LogP contribution >= 0.6 is 0 Å². The number of methoxy groups -OCH3 is 1. The third-order valence-electron chi connectivity index (χ3n) is 3.29. The molecule has 2 rings (SSSR count). The molecule has 0 aliphatic heterocycles. The van der Waals surface area contributed by atoms with E-state index in [1.807, 2.05) is 26.0 Å². The molecule has 3 heteroatoms. The molecule has 0 amide bonds. The van der Waals surface area contributed by atoms with Crippen molar-refractivity contribution in [3.05, 3.63) is 29.8 Å². The lowest BCUT2D eigenvalue weighted by atomic mass is 9.89. The number of hydrogen-bond donors (Lipinski definition) is 1. The van der Waals surface area contributed by atoms with E-state index in [1.165, 1.54) is 5.56 Å². The van der Waals surface area contributed by atoms with Crippen molar-refractivity contribution in [2.24, 2.45) is 0 Å². The number of ether oxygens (including phenoxy) is 2. The van der Waals surface area contributed by atoms with Gasteiger partial charge >= 0.3 is 0 Å². The van der Waals surface area contributed by atoms with Gasteiger partial charge in [0.05, 0.1) is 12.2 Å². The molecule has 3 nitrogen and oxygen atoms in total. The summed E-state index contributed by atoms with van der Waals surface area (Å²) < 4.78 is 11.0. The third kappa shape index (κ3) is 3.72.